The molecule has 1 atom stereocenters. The van der Waals surface area contributed by atoms with E-state index in [4.69, 9.17) is 0 Å². The van der Waals surface area contributed by atoms with E-state index in [1.54, 1.807) is 0 Å². The Morgan fingerprint density at radius 3 is 2.71 bits per heavy atom. The summed E-state index contributed by atoms with van der Waals surface area (Å²) in [5.41, 5.74) is -1.00. The standard InChI is InChI=1S/C11H15F3N4O2S/c12-11(13,14)9-1-3-16-10(18-9)17-5-4-15-8-2-6-21(19,20)7-8/h1,3,8,15H,2,4-7H2,(H,16,17,18)/t8-/m1/s1. The molecule has 0 aromatic carbocycles. The van der Waals surface area contributed by atoms with Gasteiger partial charge in [0.25, 0.3) is 0 Å². The Bertz CT molecular complexity index is 591. The summed E-state index contributed by atoms with van der Waals surface area (Å²) in [5, 5.41) is 5.70. The van der Waals surface area contributed by atoms with Gasteiger partial charge in [-0.2, -0.15) is 13.2 Å². The Kier molecular flexibility index (Phi) is 4.67. The van der Waals surface area contributed by atoms with Crippen LogP contribution in [0.2, 0.25) is 0 Å². The second kappa shape index (κ2) is 6.14. The van der Waals surface area contributed by atoms with Crippen molar-refractivity contribution in [3.8, 4) is 0 Å². The maximum atomic E-state index is 12.4. The topological polar surface area (TPSA) is 84.0 Å². The van der Waals surface area contributed by atoms with Gasteiger partial charge in [-0.3, -0.25) is 0 Å². The fraction of sp³-hybridized carbons (Fsp3) is 0.636. The van der Waals surface area contributed by atoms with E-state index in [-0.39, 0.29) is 23.5 Å². The summed E-state index contributed by atoms with van der Waals surface area (Å²) in [7, 11) is -2.94. The van der Waals surface area contributed by atoms with Gasteiger partial charge in [0.15, 0.2) is 9.84 Å². The monoisotopic (exact) mass is 324 g/mol. The highest BCUT2D eigenvalue weighted by Gasteiger charge is 2.32. The van der Waals surface area contributed by atoms with Crippen molar-refractivity contribution >= 4 is 15.8 Å². The predicted molar refractivity (Wildman–Crippen MR) is 70.6 cm³/mol. The number of anilines is 1. The van der Waals surface area contributed by atoms with E-state index in [0.717, 1.165) is 12.3 Å². The van der Waals surface area contributed by atoms with Crippen molar-refractivity contribution < 1.29 is 21.6 Å². The maximum absolute atomic E-state index is 12.4. The van der Waals surface area contributed by atoms with Gasteiger partial charge in [-0.05, 0) is 12.5 Å². The van der Waals surface area contributed by atoms with E-state index >= 15 is 0 Å². The molecule has 0 aliphatic carbocycles. The normalized spacial score (nSPS) is 21.4. The fourth-order valence-electron chi connectivity index (χ4n) is 2.01. The molecule has 2 N–H and O–H groups in total. The van der Waals surface area contributed by atoms with Crippen LogP contribution in [0.4, 0.5) is 19.1 Å². The molecule has 6 nitrogen and oxygen atoms in total. The molecule has 0 bridgehead atoms. The van der Waals surface area contributed by atoms with Gasteiger partial charge in [0.2, 0.25) is 5.95 Å². The Labute approximate surface area is 120 Å². The highest BCUT2D eigenvalue weighted by atomic mass is 32.2. The molecule has 10 heteroatoms. The van der Waals surface area contributed by atoms with Crippen molar-refractivity contribution in [2.75, 3.05) is 29.9 Å². The van der Waals surface area contributed by atoms with Crippen LogP contribution < -0.4 is 10.6 Å². The molecule has 0 spiro atoms. The molecule has 2 heterocycles. The number of halogens is 3. The van der Waals surface area contributed by atoms with Gasteiger partial charge in [-0.15, -0.1) is 0 Å². The first-order chi connectivity index (χ1) is 9.76. The molecule has 21 heavy (non-hydrogen) atoms. The highest BCUT2D eigenvalue weighted by Crippen LogP contribution is 2.27. The summed E-state index contributed by atoms with van der Waals surface area (Å²) in [5.74, 6) is 0.174. The number of nitrogens with zero attached hydrogens (tertiary/aromatic N) is 2. The zero-order valence-corrected chi connectivity index (χ0v) is 11.8. The van der Waals surface area contributed by atoms with E-state index in [1.807, 2.05) is 0 Å². The minimum atomic E-state index is -4.50. The molecule has 0 saturated carbocycles. The molecule has 0 amide bonds. The zero-order valence-electron chi connectivity index (χ0n) is 11.0. The molecule has 1 saturated heterocycles. The summed E-state index contributed by atoms with van der Waals surface area (Å²) in [6.45, 7) is 0.720. The van der Waals surface area contributed by atoms with Crippen molar-refractivity contribution in [1.82, 2.24) is 15.3 Å². The number of nitrogens with one attached hydrogen (secondary N) is 2. The average Bonchev–Trinajstić information content (AvgIpc) is 2.74. The largest absolute Gasteiger partial charge is 0.433 e. The molecule has 1 aliphatic rings. The van der Waals surface area contributed by atoms with Crippen LogP contribution in [-0.2, 0) is 16.0 Å². The minimum Gasteiger partial charge on any atom is -0.353 e. The molecule has 118 valence electrons. The smallest absolute Gasteiger partial charge is 0.353 e. The second-order valence-electron chi connectivity index (χ2n) is 4.74. The Hall–Kier alpha value is -1.42. The number of alkyl halides is 3. The summed E-state index contributed by atoms with van der Waals surface area (Å²) in [4.78, 5) is 7.06. The molecule has 1 aliphatic heterocycles. The van der Waals surface area contributed by atoms with E-state index in [1.165, 1.54) is 0 Å². The van der Waals surface area contributed by atoms with Crippen LogP contribution in [0, 0.1) is 0 Å². The second-order valence-corrected chi connectivity index (χ2v) is 6.97. The molecule has 1 aromatic heterocycles. The van der Waals surface area contributed by atoms with Gasteiger partial charge in [-0.25, -0.2) is 18.4 Å². The van der Waals surface area contributed by atoms with E-state index in [0.29, 0.717) is 19.5 Å². The number of hydrogen-bond acceptors (Lipinski definition) is 6. The van der Waals surface area contributed by atoms with Crippen LogP contribution in [-0.4, -0.2) is 49.0 Å². The first-order valence-corrected chi connectivity index (χ1v) is 8.16. The van der Waals surface area contributed by atoms with Crippen LogP contribution in [0.1, 0.15) is 12.1 Å². The van der Waals surface area contributed by atoms with Crippen molar-refractivity contribution in [2.24, 2.45) is 0 Å². The lowest BCUT2D eigenvalue weighted by Crippen LogP contribution is -2.34. The molecule has 1 aromatic rings. The van der Waals surface area contributed by atoms with Gasteiger partial charge in [0.1, 0.15) is 5.69 Å². The lowest BCUT2D eigenvalue weighted by molar-refractivity contribution is -0.141. The lowest BCUT2D eigenvalue weighted by Gasteiger charge is -2.12. The van der Waals surface area contributed by atoms with Crippen LogP contribution in [0.25, 0.3) is 0 Å². The summed E-state index contributed by atoms with van der Waals surface area (Å²) in [6, 6.07) is 0.700. The van der Waals surface area contributed by atoms with Crippen LogP contribution >= 0.6 is 0 Å². The van der Waals surface area contributed by atoms with Gasteiger partial charge in [-0.1, -0.05) is 0 Å². The fourth-order valence-corrected chi connectivity index (χ4v) is 3.72. The number of hydrogen-bond donors (Lipinski definition) is 2. The third kappa shape index (κ3) is 4.81. The van der Waals surface area contributed by atoms with Crippen molar-refractivity contribution in [1.29, 1.82) is 0 Å². The average molecular weight is 324 g/mol. The van der Waals surface area contributed by atoms with Crippen molar-refractivity contribution in [3.63, 3.8) is 0 Å². The van der Waals surface area contributed by atoms with Gasteiger partial charge in [0, 0.05) is 25.3 Å². The van der Waals surface area contributed by atoms with Crippen LogP contribution in [0.5, 0.6) is 0 Å². The maximum Gasteiger partial charge on any atom is 0.433 e. The van der Waals surface area contributed by atoms with E-state index < -0.39 is 21.7 Å². The Morgan fingerprint density at radius 2 is 2.10 bits per heavy atom. The van der Waals surface area contributed by atoms with E-state index in [2.05, 4.69) is 20.6 Å². The summed E-state index contributed by atoms with van der Waals surface area (Å²) >= 11 is 0. The summed E-state index contributed by atoms with van der Waals surface area (Å²) in [6.07, 6.45) is -2.91. The zero-order chi connectivity index (χ0) is 15.5. The number of aromatic nitrogens is 2. The third-order valence-electron chi connectivity index (χ3n) is 3.02. The molecule has 0 unspecified atom stereocenters. The SMILES string of the molecule is O=S1(=O)CC[C@@H](NCCNc2nccc(C(F)(F)F)n2)C1. The van der Waals surface area contributed by atoms with Crippen LogP contribution in [0.15, 0.2) is 12.3 Å². The number of rotatable bonds is 5. The van der Waals surface area contributed by atoms with Gasteiger partial charge < -0.3 is 10.6 Å². The molecule has 2 rings (SSSR count). The predicted octanol–water partition coefficient (Wildman–Crippen LogP) is 0.684. The molecule has 1 fully saturated rings. The molecular weight excluding hydrogens is 309 g/mol. The molecule has 0 radical (unpaired) electrons. The highest BCUT2D eigenvalue weighted by molar-refractivity contribution is 7.91. The van der Waals surface area contributed by atoms with E-state index in [9.17, 15) is 21.6 Å². The van der Waals surface area contributed by atoms with Gasteiger partial charge in [0.05, 0.1) is 11.5 Å². The van der Waals surface area contributed by atoms with Crippen molar-refractivity contribution in [3.05, 3.63) is 18.0 Å². The quantitative estimate of drug-likeness (QED) is 0.775. The summed E-state index contributed by atoms with van der Waals surface area (Å²) < 4.78 is 59.8. The van der Waals surface area contributed by atoms with Gasteiger partial charge >= 0.3 is 6.18 Å². The Morgan fingerprint density at radius 1 is 1.33 bits per heavy atom. The van der Waals surface area contributed by atoms with Crippen LogP contribution in [0.3, 0.4) is 0 Å². The first-order valence-electron chi connectivity index (χ1n) is 6.34. The minimum absolute atomic E-state index is 0.0979. The third-order valence-corrected chi connectivity index (χ3v) is 4.79. The number of sulfone groups is 1. The lowest BCUT2D eigenvalue weighted by atomic mass is 10.3. The van der Waals surface area contributed by atoms with Crippen molar-refractivity contribution in [2.45, 2.75) is 18.6 Å². The molecular formula is C11H15F3N4O2S. The Balaban J connectivity index is 1.77. The first kappa shape index (κ1) is 16.0.